The lowest BCUT2D eigenvalue weighted by Gasteiger charge is -2.16. The first-order valence-corrected chi connectivity index (χ1v) is 9.72. The van der Waals surface area contributed by atoms with Gasteiger partial charge >= 0.3 is 0 Å². The molecule has 0 saturated heterocycles. The fraction of sp³-hybridized carbons (Fsp3) is 0.316. The number of benzene rings is 2. The van der Waals surface area contributed by atoms with Gasteiger partial charge in [-0.05, 0) is 68.1 Å². The second kappa shape index (κ2) is 7.98. The highest BCUT2D eigenvalue weighted by molar-refractivity contribution is 7.89. The molecule has 0 atom stereocenters. The van der Waals surface area contributed by atoms with E-state index in [1.54, 1.807) is 19.9 Å². The van der Waals surface area contributed by atoms with Crippen LogP contribution in [0.1, 0.15) is 32.6 Å². The highest BCUT2D eigenvalue weighted by Gasteiger charge is 2.23. The predicted molar refractivity (Wildman–Crippen MR) is 103 cm³/mol. The number of sulfonamides is 1. The Kier molecular flexibility index (Phi) is 6.12. The Morgan fingerprint density at radius 3 is 1.96 bits per heavy atom. The van der Waals surface area contributed by atoms with Crippen molar-refractivity contribution in [1.29, 1.82) is 0 Å². The van der Waals surface area contributed by atoms with Gasteiger partial charge in [0.15, 0.2) is 11.5 Å². The topological polar surface area (TPSA) is 93.7 Å². The second-order valence-corrected chi connectivity index (χ2v) is 7.84. The summed E-state index contributed by atoms with van der Waals surface area (Å²) in [6.07, 6.45) is 0. The van der Waals surface area contributed by atoms with E-state index in [0.717, 1.165) is 11.1 Å². The molecule has 8 heteroatoms. The Hall–Kier alpha value is -2.58. The SMILES string of the molecule is COc1ccc(C(=O)NNS(=O)(=O)c2c(C)c(C)cc(C)c2C)cc1OC. The maximum absolute atomic E-state index is 12.8. The minimum Gasteiger partial charge on any atom is -0.493 e. The average Bonchev–Trinajstić information content (AvgIpc) is 2.64. The third-order valence-corrected chi connectivity index (χ3v) is 6.03. The normalized spacial score (nSPS) is 11.2. The van der Waals surface area contributed by atoms with Crippen molar-refractivity contribution in [3.8, 4) is 11.5 Å². The van der Waals surface area contributed by atoms with Crippen LogP contribution in [0.15, 0.2) is 29.2 Å². The molecule has 0 spiro atoms. The number of hydrazine groups is 1. The van der Waals surface area contributed by atoms with Gasteiger partial charge in [0, 0.05) is 5.56 Å². The molecular weight excluding hydrogens is 368 g/mol. The Labute approximate surface area is 159 Å². The summed E-state index contributed by atoms with van der Waals surface area (Å²) in [5.74, 6) is 0.226. The molecule has 2 aromatic rings. The van der Waals surface area contributed by atoms with Crippen LogP contribution in [0.3, 0.4) is 0 Å². The van der Waals surface area contributed by atoms with Crippen molar-refractivity contribution in [3.05, 3.63) is 52.1 Å². The molecule has 0 aromatic heterocycles. The largest absolute Gasteiger partial charge is 0.493 e. The molecule has 0 aliphatic carbocycles. The van der Waals surface area contributed by atoms with Crippen molar-refractivity contribution in [2.75, 3.05) is 14.2 Å². The first-order chi connectivity index (χ1) is 12.6. The Morgan fingerprint density at radius 2 is 1.44 bits per heavy atom. The summed E-state index contributed by atoms with van der Waals surface area (Å²) in [7, 11) is -0.997. The van der Waals surface area contributed by atoms with Crippen LogP contribution >= 0.6 is 0 Å². The van der Waals surface area contributed by atoms with E-state index in [2.05, 4.69) is 10.3 Å². The lowest BCUT2D eigenvalue weighted by atomic mass is 10.0. The van der Waals surface area contributed by atoms with E-state index in [0.29, 0.717) is 22.6 Å². The Bertz CT molecular complexity index is 958. The zero-order chi connectivity index (χ0) is 20.4. The molecule has 2 N–H and O–H groups in total. The summed E-state index contributed by atoms with van der Waals surface area (Å²) in [6.45, 7) is 7.19. The van der Waals surface area contributed by atoms with E-state index >= 15 is 0 Å². The molecule has 0 unspecified atom stereocenters. The van der Waals surface area contributed by atoms with Gasteiger partial charge in [-0.15, -0.1) is 4.83 Å². The van der Waals surface area contributed by atoms with Gasteiger partial charge in [0.25, 0.3) is 15.9 Å². The van der Waals surface area contributed by atoms with Gasteiger partial charge in [-0.25, -0.2) is 8.42 Å². The van der Waals surface area contributed by atoms with E-state index < -0.39 is 15.9 Å². The number of amides is 1. The summed E-state index contributed by atoms with van der Waals surface area (Å²) in [5.41, 5.74) is 5.49. The Morgan fingerprint density at radius 1 is 0.889 bits per heavy atom. The van der Waals surface area contributed by atoms with Gasteiger partial charge in [0.1, 0.15) is 0 Å². The standard InChI is InChI=1S/C19H24N2O5S/c1-11-9-12(2)14(4)18(13(11)3)27(23,24)21-20-19(22)15-7-8-16(25-5)17(10-15)26-6/h7-10,21H,1-6H3,(H,20,22). The van der Waals surface area contributed by atoms with E-state index in [1.165, 1.54) is 26.4 Å². The molecule has 0 aliphatic rings. The molecule has 0 aliphatic heterocycles. The van der Waals surface area contributed by atoms with E-state index in [1.807, 2.05) is 19.9 Å². The predicted octanol–water partition coefficient (Wildman–Crippen LogP) is 2.56. The van der Waals surface area contributed by atoms with Crippen LogP contribution in [-0.4, -0.2) is 28.5 Å². The van der Waals surface area contributed by atoms with E-state index in [-0.39, 0.29) is 10.5 Å². The molecule has 146 valence electrons. The molecular formula is C19H24N2O5S. The van der Waals surface area contributed by atoms with Crippen molar-refractivity contribution in [1.82, 2.24) is 10.3 Å². The van der Waals surface area contributed by atoms with Crippen molar-refractivity contribution in [3.63, 3.8) is 0 Å². The Balaban J connectivity index is 2.27. The third kappa shape index (κ3) is 4.23. The van der Waals surface area contributed by atoms with Crippen molar-refractivity contribution < 1.29 is 22.7 Å². The van der Waals surface area contributed by atoms with E-state index in [4.69, 9.17) is 9.47 Å². The summed E-state index contributed by atoms with van der Waals surface area (Å²) in [5, 5.41) is 0. The van der Waals surface area contributed by atoms with Crippen molar-refractivity contribution >= 4 is 15.9 Å². The minimum atomic E-state index is -3.94. The molecule has 0 saturated carbocycles. The van der Waals surface area contributed by atoms with Gasteiger partial charge in [0.2, 0.25) is 0 Å². The maximum atomic E-state index is 12.8. The summed E-state index contributed by atoms with van der Waals surface area (Å²) < 4.78 is 35.8. The van der Waals surface area contributed by atoms with Gasteiger partial charge in [-0.1, -0.05) is 6.07 Å². The van der Waals surface area contributed by atoms with Gasteiger partial charge in [-0.3, -0.25) is 10.2 Å². The van der Waals surface area contributed by atoms with Crippen molar-refractivity contribution in [2.24, 2.45) is 0 Å². The van der Waals surface area contributed by atoms with Crippen LogP contribution in [0.4, 0.5) is 0 Å². The smallest absolute Gasteiger partial charge is 0.266 e. The number of hydrogen-bond acceptors (Lipinski definition) is 5. The molecule has 0 fully saturated rings. The highest BCUT2D eigenvalue weighted by atomic mass is 32.2. The van der Waals surface area contributed by atoms with Crippen LogP contribution < -0.4 is 19.7 Å². The van der Waals surface area contributed by atoms with E-state index in [9.17, 15) is 13.2 Å². The van der Waals surface area contributed by atoms with Crippen LogP contribution in [0.2, 0.25) is 0 Å². The van der Waals surface area contributed by atoms with Crippen LogP contribution in [-0.2, 0) is 10.0 Å². The number of rotatable bonds is 6. The summed E-state index contributed by atoms with van der Waals surface area (Å²) >= 11 is 0. The monoisotopic (exact) mass is 392 g/mol. The summed E-state index contributed by atoms with van der Waals surface area (Å²) in [4.78, 5) is 14.7. The maximum Gasteiger partial charge on any atom is 0.266 e. The molecule has 7 nitrogen and oxygen atoms in total. The minimum absolute atomic E-state index is 0.174. The van der Waals surface area contributed by atoms with Gasteiger partial charge < -0.3 is 9.47 Å². The lowest BCUT2D eigenvalue weighted by Crippen LogP contribution is -2.42. The van der Waals surface area contributed by atoms with Crippen LogP contribution in [0, 0.1) is 27.7 Å². The number of carbonyl (C=O) groups excluding carboxylic acids is 1. The second-order valence-electron chi connectivity index (χ2n) is 6.22. The molecule has 2 rings (SSSR count). The fourth-order valence-electron chi connectivity index (χ4n) is 2.80. The number of nitrogens with one attached hydrogen (secondary N) is 2. The fourth-order valence-corrected chi connectivity index (χ4v) is 4.26. The average molecular weight is 392 g/mol. The first-order valence-electron chi connectivity index (χ1n) is 8.24. The third-order valence-electron chi connectivity index (χ3n) is 4.51. The van der Waals surface area contributed by atoms with Gasteiger partial charge in [-0.2, -0.15) is 0 Å². The number of hydrogen-bond donors (Lipinski definition) is 2. The van der Waals surface area contributed by atoms with Crippen molar-refractivity contribution in [2.45, 2.75) is 32.6 Å². The molecule has 0 bridgehead atoms. The number of carbonyl (C=O) groups is 1. The lowest BCUT2D eigenvalue weighted by molar-refractivity contribution is 0.0944. The molecule has 2 aromatic carbocycles. The number of ether oxygens (including phenoxy) is 2. The molecule has 1 amide bonds. The quantitative estimate of drug-likeness (QED) is 0.737. The number of methoxy groups -OCH3 is 2. The molecule has 0 radical (unpaired) electrons. The first kappa shape index (κ1) is 20.7. The molecule has 0 heterocycles. The zero-order valence-corrected chi connectivity index (χ0v) is 17.1. The van der Waals surface area contributed by atoms with Gasteiger partial charge in [0.05, 0.1) is 19.1 Å². The highest BCUT2D eigenvalue weighted by Crippen LogP contribution is 2.28. The number of aryl methyl sites for hydroxylation is 2. The van der Waals surface area contributed by atoms with Crippen LogP contribution in [0.5, 0.6) is 11.5 Å². The zero-order valence-electron chi connectivity index (χ0n) is 16.3. The van der Waals surface area contributed by atoms with Crippen LogP contribution in [0.25, 0.3) is 0 Å². The molecule has 27 heavy (non-hydrogen) atoms. The summed E-state index contributed by atoms with van der Waals surface area (Å²) in [6, 6.07) is 6.49.